The Balaban J connectivity index is 0.000000141. The lowest BCUT2D eigenvalue weighted by molar-refractivity contribution is 0.408. The van der Waals surface area contributed by atoms with Crippen molar-refractivity contribution in [1.82, 2.24) is 0 Å². The molecule has 0 aromatic heterocycles. The molecule has 0 bridgehead atoms. The first-order valence-electron chi connectivity index (χ1n) is 7.36. The van der Waals surface area contributed by atoms with Gasteiger partial charge in [-0.15, -0.1) is 0 Å². The number of benzene rings is 4. The largest absolute Gasteiger partial charge is 0.508 e. The van der Waals surface area contributed by atoms with Gasteiger partial charge < -0.3 is 20.4 Å². The number of rotatable bonds is 0. The molecule has 4 N–H and O–H groups in total. The highest BCUT2D eigenvalue weighted by molar-refractivity contribution is 5.90. The second kappa shape index (κ2) is 6.38. The van der Waals surface area contributed by atoms with Crippen LogP contribution in [0, 0.1) is 0 Å². The van der Waals surface area contributed by atoms with E-state index in [1.165, 1.54) is 12.1 Å². The lowest BCUT2D eigenvalue weighted by Gasteiger charge is -2.01. The molecule has 4 aromatic carbocycles. The van der Waals surface area contributed by atoms with Crippen molar-refractivity contribution in [2.75, 3.05) is 0 Å². The molecule has 0 heterocycles. The Hall–Kier alpha value is -3.40. The lowest BCUT2D eigenvalue weighted by Crippen LogP contribution is -1.73. The Bertz CT molecular complexity index is 1010. The summed E-state index contributed by atoms with van der Waals surface area (Å²) < 4.78 is 0. The Labute approximate surface area is 138 Å². The monoisotopic (exact) mass is 320 g/mol. The van der Waals surface area contributed by atoms with Crippen LogP contribution in [0.3, 0.4) is 0 Å². The van der Waals surface area contributed by atoms with Crippen molar-refractivity contribution in [3.8, 4) is 23.0 Å². The second-order valence-electron chi connectivity index (χ2n) is 5.34. The van der Waals surface area contributed by atoms with Crippen molar-refractivity contribution in [2.24, 2.45) is 0 Å². The van der Waals surface area contributed by atoms with E-state index in [9.17, 15) is 10.2 Å². The van der Waals surface area contributed by atoms with Crippen LogP contribution < -0.4 is 0 Å². The van der Waals surface area contributed by atoms with Crippen LogP contribution in [0.4, 0.5) is 0 Å². The molecule has 4 nitrogen and oxygen atoms in total. The molecule has 0 spiro atoms. The molecule has 120 valence electrons. The summed E-state index contributed by atoms with van der Waals surface area (Å²) in [6.45, 7) is 0. The van der Waals surface area contributed by atoms with E-state index in [1.54, 1.807) is 18.2 Å². The second-order valence-corrected chi connectivity index (χ2v) is 5.34. The molecule has 0 fully saturated rings. The highest BCUT2D eigenvalue weighted by atomic mass is 16.3. The summed E-state index contributed by atoms with van der Waals surface area (Å²) in [4.78, 5) is 0. The van der Waals surface area contributed by atoms with Crippen LogP contribution in [0.2, 0.25) is 0 Å². The molecule has 0 saturated carbocycles. The normalized spacial score (nSPS) is 10.3. The van der Waals surface area contributed by atoms with Gasteiger partial charge in [0.15, 0.2) is 11.5 Å². The van der Waals surface area contributed by atoms with E-state index in [0.717, 1.165) is 16.2 Å². The molecule has 4 aromatic rings. The van der Waals surface area contributed by atoms with E-state index in [2.05, 4.69) is 0 Å². The molecule has 0 saturated heterocycles. The summed E-state index contributed by atoms with van der Waals surface area (Å²) >= 11 is 0. The molecule has 0 aliphatic carbocycles. The van der Waals surface area contributed by atoms with Crippen molar-refractivity contribution in [3.05, 3.63) is 72.8 Å². The van der Waals surface area contributed by atoms with E-state index in [4.69, 9.17) is 10.2 Å². The van der Waals surface area contributed by atoms with Crippen LogP contribution in [-0.4, -0.2) is 20.4 Å². The summed E-state index contributed by atoms with van der Waals surface area (Å²) in [5.41, 5.74) is 0. The Morgan fingerprint density at radius 1 is 0.500 bits per heavy atom. The first kappa shape index (κ1) is 15.5. The maximum atomic E-state index is 9.41. The quantitative estimate of drug-likeness (QED) is 0.360. The van der Waals surface area contributed by atoms with Crippen LogP contribution in [0.5, 0.6) is 23.0 Å². The molecule has 0 atom stereocenters. The fourth-order valence-corrected chi connectivity index (χ4v) is 2.52. The number of hydrogen-bond acceptors (Lipinski definition) is 4. The van der Waals surface area contributed by atoms with Crippen molar-refractivity contribution in [3.63, 3.8) is 0 Å². The van der Waals surface area contributed by atoms with Crippen LogP contribution in [0.1, 0.15) is 0 Å². The van der Waals surface area contributed by atoms with Gasteiger partial charge in [0.25, 0.3) is 0 Å². The molecular formula is C20H16O4. The predicted molar refractivity (Wildman–Crippen MR) is 94.6 cm³/mol. The summed E-state index contributed by atoms with van der Waals surface area (Å²) in [6.07, 6.45) is 0. The van der Waals surface area contributed by atoms with Gasteiger partial charge in [-0.1, -0.05) is 54.6 Å². The standard InChI is InChI=1S/2C10H8O2/c11-8-5-7-3-1-2-4-9(7)10(12)6-8;11-9-6-5-7-3-1-2-4-8(7)10(9)12/h2*1-6,11-12H. The predicted octanol–water partition coefficient (Wildman–Crippen LogP) is 4.50. The molecule has 0 aliphatic rings. The minimum absolute atomic E-state index is 0.0481. The fourth-order valence-electron chi connectivity index (χ4n) is 2.52. The van der Waals surface area contributed by atoms with E-state index in [0.29, 0.717) is 5.39 Å². The van der Waals surface area contributed by atoms with Gasteiger partial charge in [-0.3, -0.25) is 0 Å². The SMILES string of the molecule is Oc1cc(O)c2ccccc2c1.Oc1ccc2ccccc2c1O. The molecular weight excluding hydrogens is 304 g/mol. The Morgan fingerprint density at radius 3 is 1.88 bits per heavy atom. The highest BCUT2D eigenvalue weighted by Crippen LogP contribution is 2.32. The van der Waals surface area contributed by atoms with Crippen molar-refractivity contribution < 1.29 is 20.4 Å². The minimum atomic E-state index is -0.0753. The van der Waals surface area contributed by atoms with Crippen LogP contribution in [0.15, 0.2) is 72.8 Å². The number of aromatic hydroxyl groups is 4. The zero-order valence-corrected chi connectivity index (χ0v) is 12.7. The van der Waals surface area contributed by atoms with E-state index >= 15 is 0 Å². The zero-order valence-electron chi connectivity index (χ0n) is 12.7. The van der Waals surface area contributed by atoms with Crippen LogP contribution in [-0.2, 0) is 0 Å². The van der Waals surface area contributed by atoms with Gasteiger partial charge in [0.05, 0.1) is 0 Å². The summed E-state index contributed by atoms with van der Waals surface area (Å²) in [6, 6.07) is 20.9. The maximum Gasteiger partial charge on any atom is 0.165 e. The van der Waals surface area contributed by atoms with E-state index < -0.39 is 0 Å². The molecule has 4 heteroatoms. The third kappa shape index (κ3) is 3.03. The number of hydrogen-bond donors (Lipinski definition) is 4. The number of fused-ring (bicyclic) bond motifs is 2. The van der Waals surface area contributed by atoms with E-state index in [1.807, 2.05) is 42.5 Å². The van der Waals surface area contributed by atoms with Crippen molar-refractivity contribution in [1.29, 1.82) is 0 Å². The molecule has 4 rings (SSSR count). The smallest absolute Gasteiger partial charge is 0.165 e. The van der Waals surface area contributed by atoms with Gasteiger partial charge in [-0.2, -0.15) is 0 Å². The molecule has 24 heavy (non-hydrogen) atoms. The molecule has 0 radical (unpaired) electrons. The van der Waals surface area contributed by atoms with Crippen molar-refractivity contribution in [2.45, 2.75) is 0 Å². The summed E-state index contributed by atoms with van der Waals surface area (Å²) in [7, 11) is 0. The van der Waals surface area contributed by atoms with Gasteiger partial charge in [0.1, 0.15) is 11.5 Å². The van der Waals surface area contributed by atoms with Gasteiger partial charge >= 0.3 is 0 Å². The van der Waals surface area contributed by atoms with Gasteiger partial charge in [0, 0.05) is 16.8 Å². The van der Waals surface area contributed by atoms with Crippen LogP contribution in [0.25, 0.3) is 21.5 Å². The molecule has 0 amide bonds. The summed E-state index contributed by atoms with van der Waals surface area (Å²) in [5, 5.41) is 40.3. The van der Waals surface area contributed by atoms with Crippen LogP contribution >= 0.6 is 0 Å². The van der Waals surface area contributed by atoms with Gasteiger partial charge in [0.2, 0.25) is 0 Å². The van der Waals surface area contributed by atoms with E-state index in [-0.39, 0.29) is 23.0 Å². The average Bonchev–Trinajstić information content (AvgIpc) is 2.59. The first-order valence-corrected chi connectivity index (χ1v) is 7.36. The average molecular weight is 320 g/mol. The van der Waals surface area contributed by atoms with Crippen molar-refractivity contribution >= 4 is 21.5 Å². The number of phenols is 4. The fraction of sp³-hybridized carbons (Fsp3) is 0. The van der Waals surface area contributed by atoms with Gasteiger partial charge in [-0.05, 0) is 22.9 Å². The topological polar surface area (TPSA) is 80.9 Å². The first-order chi connectivity index (χ1) is 11.6. The lowest BCUT2D eigenvalue weighted by atomic mass is 10.1. The number of phenolic OH excluding ortho intramolecular Hbond substituents is 4. The third-order valence-corrected chi connectivity index (χ3v) is 3.70. The minimum Gasteiger partial charge on any atom is -0.508 e. The molecule has 0 aliphatic heterocycles. The highest BCUT2D eigenvalue weighted by Gasteiger charge is 2.02. The molecule has 0 unspecified atom stereocenters. The zero-order chi connectivity index (χ0) is 17.1. The Morgan fingerprint density at radius 2 is 1.12 bits per heavy atom. The van der Waals surface area contributed by atoms with Gasteiger partial charge in [-0.25, -0.2) is 0 Å². The third-order valence-electron chi connectivity index (χ3n) is 3.70. The Kier molecular flexibility index (Phi) is 4.12. The maximum absolute atomic E-state index is 9.41. The summed E-state index contributed by atoms with van der Waals surface area (Å²) in [5.74, 6) is 0.0820.